The standard InChI is InChI=1S/C15H17Cl2N3/c1-10-11(14(17)20(2)19-10)7-15(8-18-9-15)12-5-3-4-6-13(12)16/h3-6,18H,7-9H2,1-2H3. The fourth-order valence-corrected chi connectivity index (χ4v) is 3.52. The van der Waals surface area contributed by atoms with Crippen LogP contribution in [0.4, 0.5) is 0 Å². The van der Waals surface area contributed by atoms with Crippen LogP contribution in [0.25, 0.3) is 0 Å². The molecule has 3 nitrogen and oxygen atoms in total. The van der Waals surface area contributed by atoms with Crippen LogP contribution in [0.3, 0.4) is 0 Å². The summed E-state index contributed by atoms with van der Waals surface area (Å²) in [5.41, 5.74) is 3.33. The summed E-state index contributed by atoms with van der Waals surface area (Å²) in [7, 11) is 1.88. The van der Waals surface area contributed by atoms with Gasteiger partial charge in [-0.15, -0.1) is 0 Å². The zero-order valence-electron chi connectivity index (χ0n) is 11.6. The van der Waals surface area contributed by atoms with Crippen molar-refractivity contribution in [2.75, 3.05) is 13.1 Å². The van der Waals surface area contributed by atoms with Gasteiger partial charge in [-0.1, -0.05) is 41.4 Å². The van der Waals surface area contributed by atoms with Crippen LogP contribution in [0, 0.1) is 6.92 Å². The molecular weight excluding hydrogens is 293 g/mol. The third-order valence-corrected chi connectivity index (χ3v) is 4.96. The summed E-state index contributed by atoms with van der Waals surface area (Å²) in [6.45, 7) is 3.84. The zero-order valence-corrected chi connectivity index (χ0v) is 13.1. The minimum Gasteiger partial charge on any atom is -0.315 e. The highest BCUT2D eigenvalue weighted by molar-refractivity contribution is 6.31. The molecule has 0 unspecified atom stereocenters. The molecule has 5 heteroatoms. The zero-order chi connectivity index (χ0) is 14.3. The van der Waals surface area contributed by atoms with Gasteiger partial charge in [-0.05, 0) is 25.0 Å². The van der Waals surface area contributed by atoms with Crippen molar-refractivity contribution in [3.05, 3.63) is 51.3 Å². The summed E-state index contributed by atoms with van der Waals surface area (Å²) in [5, 5.41) is 9.31. The lowest BCUT2D eigenvalue weighted by Crippen LogP contribution is -2.58. The molecule has 2 heterocycles. The van der Waals surface area contributed by atoms with Crippen LogP contribution in [-0.4, -0.2) is 22.9 Å². The van der Waals surface area contributed by atoms with E-state index in [1.807, 2.05) is 32.2 Å². The van der Waals surface area contributed by atoms with Crippen molar-refractivity contribution in [3.63, 3.8) is 0 Å². The van der Waals surface area contributed by atoms with Crippen LogP contribution in [0.15, 0.2) is 24.3 Å². The van der Waals surface area contributed by atoms with Gasteiger partial charge in [0.25, 0.3) is 0 Å². The molecule has 3 rings (SSSR count). The van der Waals surface area contributed by atoms with Crippen molar-refractivity contribution in [1.29, 1.82) is 0 Å². The first-order valence-electron chi connectivity index (χ1n) is 6.67. The SMILES string of the molecule is Cc1nn(C)c(Cl)c1CC1(c2ccccc2Cl)CNC1. The molecule has 1 aromatic carbocycles. The molecule has 0 bridgehead atoms. The number of halogens is 2. The molecule has 1 aliphatic heterocycles. The smallest absolute Gasteiger partial charge is 0.130 e. The van der Waals surface area contributed by atoms with E-state index in [1.165, 1.54) is 5.56 Å². The average molecular weight is 310 g/mol. The van der Waals surface area contributed by atoms with Gasteiger partial charge in [0.05, 0.1) is 5.69 Å². The molecule has 1 aliphatic rings. The maximum atomic E-state index is 6.39. The van der Waals surface area contributed by atoms with Gasteiger partial charge < -0.3 is 5.32 Å². The van der Waals surface area contributed by atoms with Crippen molar-refractivity contribution in [2.45, 2.75) is 18.8 Å². The van der Waals surface area contributed by atoms with Gasteiger partial charge in [0.15, 0.2) is 0 Å². The highest BCUT2D eigenvalue weighted by atomic mass is 35.5. The molecule has 1 aromatic heterocycles. The Labute approximate surface area is 128 Å². The van der Waals surface area contributed by atoms with Gasteiger partial charge in [-0.3, -0.25) is 4.68 Å². The Bertz CT molecular complexity index is 645. The molecule has 0 amide bonds. The van der Waals surface area contributed by atoms with E-state index in [4.69, 9.17) is 23.2 Å². The van der Waals surface area contributed by atoms with Crippen LogP contribution in [-0.2, 0) is 18.9 Å². The van der Waals surface area contributed by atoms with Crippen molar-refractivity contribution in [2.24, 2.45) is 7.05 Å². The van der Waals surface area contributed by atoms with E-state index < -0.39 is 0 Å². The highest BCUT2D eigenvalue weighted by Crippen LogP contribution is 2.38. The highest BCUT2D eigenvalue weighted by Gasteiger charge is 2.41. The molecular formula is C15H17Cl2N3. The maximum Gasteiger partial charge on any atom is 0.130 e. The second-order valence-corrected chi connectivity index (χ2v) is 6.28. The van der Waals surface area contributed by atoms with Gasteiger partial charge in [0.2, 0.25) is 0 Å². The summed E-state index contributed by atoms with van der Waals surface area (Å²) in [6.07, 6.45) is 0.863. The van der Waals surface area contributed by atoms with E-state index in [1.54, 1.807) is 4.68 Å². The van der Waals surface area contributed by atoms with Gasteiger partial charge in [0, 0.05) is 36.1 Å². The van der Waals surface area contributed by atoms with E-state index in [0.717, 1.165) is 40.9 Å². The second-order valence-electron chi connectivity index (χ2n) is 5.52. The van der Waals surface area contributed by atoms with Gasteiger partial charge in [0.1, 0.15) is 5.15 Å². The van der Waals surface area contributed by atoms with E-state index in [-0.39, 0.29) is 5.41 Å². The second kappa shape index (κ2) is 5.06. The number of aromatic nitrogens is 2. The number of nitrogens with one attached hydrogen (secondary N) is 1. The molecule has 0 radical (unpaired) electrons. The molecule has 0 atom stereocenters. The Morgan fingerprint density at radius 2 is 2.00 bits per heavy atom. The minimum absolute atomic E-state index is 0.0236. The molecule has 20 heavy (non-hydrogen) atoms. The first kappa shape index (κ1) is 13.9. The molecule has 1 saturated heterocycles. The molecule has 2 aromatic rings. The lowest BCUT2D eigenvalue weighted by molar-refractivity contribution is 0.274. The lowest BCUT2D eigenvalue weighted by Gasteiger charge is -2.44. The van der Waals surface area contributed by atoms with E-state index >= 15 is 0 Å². The van der Waals surface area contributed by atoms with Crippen molar-refractivity contribution >= 4 is 23.2 Å². The minimum atomic E-state index is 0.0236. The Kier molecular flexibility index (Phi) is 3.53. The van der Waals surface area contributed by atoms with Crippen LogP contribution in [0.2, 0.25) is 10.2 Å². The number of aryl methyl sites for hydroxylation is 2. The van der Waals surface area contributed by atoms with Crippen LogP contribution < -0.4 is 5.32 Å². The first-order valence-corrected chi connectivity index (χ1v) is 7.43. The number of hydrogen-bond acceptors (Lipinski definition) is 2. The Balaban J connectivity index is 2.01. The van der Waals surface area contributed by atoms with Gasteiger partial charge >= 0.3 is 0 Å². The number of hydrogen-bond donors (Lipinski definition) is 1. The van der Waals surface area contributed by atoms with Gasteiger partial charge in [-0.2, -0.15) is 5.10 Å². The van der Waals surface area contributed by atoms with E-state index in [0.29, 0.717) is 0 Å². The Hall–Kier alpha value is -1.03. The quantitative estimate of drug-likeness (QED) is 0.944. The summed E-state index contributed by atoms with van der Waals surface area (Å²) in [4.78, 5) is 0. The summed E-state index contributed by atoms with van der Waals surface area (Å²) in [5.74, 6) is 0. The third-order valence-electron chi connectivity index (χ3n) is 4.16. The van der Waals surface area contributed by atoms with Crippen LogP contribution in [0.1, 0.15) is 16.8 Å². The normalized spacial score (nSPS) is 17.0. The van der Waals surface area contributed by atoms with E-state index in [9.17, 15) is 0 Å². The number of rotatable bonds is 3. The summed E-state index contributed by atoms with van der Waals surface area (Å²) in [6, 6.07) is 8.07. The third kappa shape index (κ3) is 2.14. The molecule has 0 spiro atoms. The molecule has 0 saturated carbocycles. The summed E-state index contributed by atoms with van der Waals surface area (Å²) < 4.78 is 1.73. The molecule has 1 fully saturated rings. The molecule has 106 valence electrons. The monoisotopic (exact) mass is 309 g/mol. The van der Waals surface area contributed by atoms with Gasteiger partial charge in [-0.25, -0.2) is 0 Å². The average Bonchev–Trinajstić information content (AvgIpc) is 2.61. The van der Waals surface area contributed by atoms with Crippen molar-refractivity contribution in [1.82, 2.24) is 15.1 Å². The van der Waals surface area contributed by atoms with E-state index in [2.05, 4.69) is 16.5 Å². The van der Waals surface area contributed by atoms with Crippen molar-refractivity contribution < 1.29 is 0 Å². The molecule has 0 aliphatic carbocycles. The first-order chi connectivity index (χ1) is 9.53. The maximum absolute atomic E-state index is 6.39. The molecule has 1 N–H and O–H groups in total. The fraction of sp³-hybridized carbons (Fsp3) is 0.400. The predicted octanol–water partition coefficient (Wildman–Crippen LogP) is 3.12. The predicted molar refractivity (Wildman–Crippen MR) is 82.7 cm³/mol. The number of benzene rings is 1. The van der Waals surface area contributed by atoms with Crippen LogP contribution in [0.5, 0.6) is 0 Å². The topological polar surface area (TPSA) is 29.9 Å². The van der Waals surface area contributed by atoms with Crippen LogP contribution >= 0.6 is 23.2 Å². The number of nitrogens with zero attached hydrogens (tertiary/aromatic N) is 2. The largest absolute Gasteiger partial charge is 0.315 e. The fourth-order valence-electron chi connectivity index (χ4n) is 2.94. The summed E-state index contributed by atoms with van der Waals surface area (Å²) >= 11 is 12.8. The lowest BCUT2D eigenvalue weighted by atomic mass is 9.71. The Morgan fingerprint density at radius 3 is 2.50 bits per heavy atom. The Morgan fingerprint density at radius 1 is 1.30 bits per heavy atom. The van der Waals surface area contributed by atoms with Crippen molar-refractivity contribution in [3.8, 4) is 0 Å².